The van der Waals surface area contributed by atoms with Crippen LogP contribution in [-0.2, 0) is 0 Å². The van der Waals surface area contributed by atoms with Crippen LogP contribution in [0.4, 0.5) is 0 Å². The molecule has 0 bridgehead atoms. The van der Waals surface area contributed by atoms with Crippen molar-refractivity contribution in [3.8, 4) is 0 Å². The Morgan fingerprint density at radius 2 is 2.07 bits per heavy atom. The van der Waals surface area contributed by atoms with E-state index >= 15 is 0 Å². The third-order valence-corrected chi connectivity index (χ3v) is 4.32. The van der Waals surface area contributed by atoms with E-state index in [-0.39, 0.29) is 6.10 Å². The van der Waals surface area contributed by atoms with Gasteiger partial charge in [-0.25, -0.2) is 0 Å². The fourth-order valence-corrected chi connectivity index (χ4v) is 2.87. The number of rotatable bonds is 6. The molecule has 0 aromatic heterocycles. The monoisotopic (exact) mass is 217 g/mol. The highest BCUT2D eigenvalue weighted by atomic mass is 32.2. The molecule has 0 aromatic rings. The zero-order valence-electron chi connectivity index (χ0n) is 9.11. The van der Waals surface area contributed by atoms with E-state index < -0.39 is 0 Å². The predicted octanol–water partition coefficient (Wildman–Crippen LogP) is 2.01. The minimum absolute atomic E-state index is 0.114. The van der Waals surface area contributed by atoms with Gasteiger partial charge < -0.3 is 10.8 Å². The summed E-state index contributed by atoms with van der Waals surface area (Å²) < 4.78 is 0. The van der Waals surface area contributed by atoms with Gasteiger partial charge in [0.25, 0.3) is 0 Å². The number of aliphatic hydroxyl groups excluding tert-OH is 1. The molecule has 0 radical (unpaired) electrons. The van der Waals surface area contributed by atoms with E-state index in [1.165, 1.54) is 25.7 Å². The van der Waals surface area contributed by atoms with Crippen molar-refractivity contribution in [2.75, 3.05) is 12.3 Å². The van der Waals surface area contributed by atoms with Crippen LogP contribution in [0.25, 0.3) is 0 Å². The van der Waals surface area contributed by atoms with Gasteiger partial charge in [-0.15, -0.1) is 0 Å². The molecule has 1 aliphatic carbocycles. The summed E-state index contributed by atoms with van der Waals surface area (Å²) in [5.41, 5.74) is 5.52. The molecule has 3 N–H and O–H groups in total. The second-order valence-corrected chi connectivity index (χ2v) is 5.89. The van der Waals surface area contributed by atoms with Crippen LogP contribution in [0.5, 0.6) is 0 Å². The van der Waals surface area contributed by atoms with Gasteiger partial charge in [0.1, 0.15) is 0 Å². The first-order valence-corrected chi connectivity index (χ1v) is 6.77. The normalized spacial score (nSPS) is 22.5. The third kappa shape index (κ3) is 4.67. The molecule has 0 aliphatic heterocycles. The molecule has 0 saturated heterocycles. The van der Waals surface area contributed by atoms with Crippen molar-refractivity contribution < 1.29 is 5.11 Å². The number of hydrogen-bond donors (Lipinski definition) is 2. The quantitative estimate of drug-likeness (QED) is 0.715. The van der Waals surface area contributed by atoms with Crippen LogP contribution in [0.1, 0.15) is 39.0 Å². The molecule has 0 spiro atoms. The van der Waals surface area contributed by atoms with Crippen molar-refractivity contribution >= 4 is 11.8 Å². The number of hydrogen-bond acceptors (Lipinski definition) is 3. The molecule has 2 unspecified atom stereocenters. The lowest BCUT2D eigenvalue weighted by Gasteiger charge is -2.16. The Morgan fingerprint density at radius 1 is 1.43 bits per heavy atom. The first-order chi connectivity index (χ1) is 6.72. The van der Waals surface area contributed by atoms with Gasteiger partial charge in [-0.2, -0.15) is 11.8 Å². The highest BCUT2D eigenvalue weighted by Gasteiger charge is 2.19. The van der Waals surface area contributed by atoms with Gasteiger partial charge in [-0.05, 0) is 12.3 Å². The molecule has 0 amide bonds. The van der Waals surface area contributed by atoms with E-state index in [1.54, 1.807) is 11.8 Å². The Hall–Kier alpha value is 0.270. The van der Waals surface area contributed by atoms with Crippen molar-refractivity contribution in [1.29, 1.82) is 0 Å². The molecule has 84 valence electrons. The first-order valence-electron chi connectivity index (χ1n) is 5.72. The van der Waals surface area contributed by atoms with E-state index in [2.05, 4.69) is 6.92 Å². The molecular weight excluding hydrogens is 194 g/mol. The number of aliphatic hydroxyl groups is 1. The summed E-state index contributed by atoms with van der Waals surface area (Å²) in [5, 5.41) is 10.3. The third-order valence-electron chi connectivity index (χ3n) is 2.99. The summed E-state index contributed by atoms with van der Waals surface area (Å²) >= 11 is 1.79. The van der Waals surface area contributed by atoms with Gasteiger partial charge in [-0.3, -0.25) is 0 Å². The average Bonchev–Trinajstić information content (AvgIpc) is 2.66. The minimum Gasteiger partial charge on any atom is -0.392 e. The maximum absolute atomic E-state index is 9.79. The molecule has 2 atom stereocenters. The largest absolute Gasteiger partial charge is 0.392 e. The Labute approximate surface area is 91.6 Å². The standard InChI is InChI=1S/C11H23NOS/c1-9(7-12)14-8-11(13)6-10-4-2-3-5-10/h9-11,13H,2-8,12H2,1H3. The van der Waals surface area contributed by atoms with Crippen LogP contribution in [0.3, 0.4) is 0 Å². The smallest absolute Gasteiger partial charge is 0.0633 e. The highest BCUT2D eigenvalue weighted by Crippen LogP contribution is 2.29. The predicted molar refractivity (Wildman–Crippen MR) is 63.6 cm³/mol. The van der Waals surface area contributed by atoms with Crippen molar-refractivity contribution in [1.82, 2.24) is 0 Å². The summed E-state index contributed by atoms with van der Waals surface area (Å²) in [7, 11) is 0. The van der Waals surface area contributed by atoms with Gasteiger partial charge in [0, 0.05) is 17.5 Å². The lowest BCUT2D eigenvalue weighted by molar-refractivity contribution is 0.165. The van der Waals surface area contributed by atoms with E-state index in [0.717, 1.165) is 18.1 Å². The molecule has 0 heterocycles. The number of nitrogens with two attached hydrogens (primary N) is 1. The van der Waals surface area contributed by atoms with Gasteiger partial charge in [0.15, 0.2) is 0 Å². The summed E-state index contributed by atoms with van der Waals surface area (Å²) in [6, 6.07) is 0. The molecular formula is C11H23NOS. The maximum atomic E-state index is 9.79. The van der Waals surface area contributed by atoms with E-state index in [0.29, 0.717) is 11.8 Å². The van der Waals surface area contributed by atoms with Crippen LogP contribution in [-0.4, -0.2) is 28.8 Å². The second-order valence-electron chi connectivity index (χ2n) is 4.42. The highest BCUT2D eigenvalue weighted by molar-refractivity contribution is 7.99. The summed E-state index contributed by atoms with van der Waals surface area (Å²) in [6.45, 7) is 2.83. The average molecular weight is 217 g/mol. The molecule has 2 nitrogen and oxygen atoms in total. The Morgan fingerprint density at radius 3 is 2.64 bits per heavy atom. The van der Waals surface area contributed by atoms with E-state index in [1.807, 2.05) is 0 Å². The van der Waals surface area contributed by atoms with Crippen molar-refractivity contribution in [3.05, 3.63) is 0 Å². The minimum atomic E-state index is -0.114. The molecule has 1 rings (SSSR count). The van der Waals surface area contributed by atoms with Crippen molar-refractivity contribution in [3.63, 3.8) is 0 Å². The van der Waals surface area contributed by atoms with Crippen LogP contribution >= 0.6 is 11.8 Å². The van der Waals surface area contributed by atoms with Gasteiger partial charge in [-0.1, -0.05) is 32.6 Å². The molecule has 0 aromatic carbocycles. The number of thioether (sulfide) groups is 1. The zero-order valence-corrected chi connectivity index (χ0v) is 9.93. The van der Waals surface area contributed by atoms with Crippen molar-refractivity contribution in [2.45, 2.75) is 50.4 Å². The molecule has 1 aliphatic rings. The lowest BCUT2D eigenvalue weighted by Crippen LogP contribution is -2.19. The Balaban J connectivity index is 2.05. The van der Waals surface area contributed by atoms with Gasteiger partial charge in [0.2, 0.25) is 0 Å². The summed E-state index contributed by atoms with van der Waals surface area (Å²) in [4.78, 5) is 0. The van der Waals surface area contributed by atoms with Crippen LogP contribution in [0, 0.1) is 5.92 Å². The fourth-order valence-electron chi connectivity index (χ4n) is 2.04. The summed E-state index contributed by atoms with van der Waals surface area (Å²) in [6.07, 6.45) is 6.28. The molecule has 1 fully saturated rings. The van der Waals surface area contributed by atoms with Crippen LogP contribution in [0.15, 0.2) is 0 Å². The SMILES string of the molecule is CC(CN)SCC(O)CC1CCCC1. The van der Waals surface area contributed by atoms with Crippen molar-refractivity contribution in [2.24, 2.45) is 11.7 Å². The second kappa shape index (κ2) is 6.70. The molecule has 3 heteroatoms. The Kier molecular flexibility index (Phi) is 5.90. The molecule has 14 heavy (non-hydrogen) atoms. The van der Waals surface area contributed by atoms with E-state index in [4.69, 9.17) is 5.73 Å². The molecule has 1 saturated carbocycles. The topological polar surface area (TPSA) is 46.2 Å². The zero-order chi connectivity index (χ0) is 10.4. The van der Waals surface area contributed by atoms with Gasteiger partial charge in [0.05, 0.1) is 6.10 Å². The Bertz CT molecular complexity index is 148. The van der Waals surface area contributed by atoms with Crippen LogP contribution in [0.2, 0.25) is 0 Å². The lowest BCUT2D eigenvalue weighted by atomic mass is 10.0. The van der Waals surface area contributed by atoms with Gasteiger partial charge >= 0.3 is 0 Å². The first kappa shape index (κ1) is 12.3. The van der Waals surface area contributed by atoms with Crippen LogP contribution < -0.4 is 5.73 Å². The fraction of sp³-hybridized carbons (Fsp3) is 1.00. The van der Waals surface area contributed by atoms with E-state index in [9.17, 15) is 5.11 Å². The maximum Gasteiger partial charge on any atom is 0.0633 e. The summed E-state index contributed by atoms with van der Waals surface area (Å²) in [5.74, 6) is 1.65.